The first-order valence-corrected chi connectivity index (χ1v) is 8.22. The van der Waals surface area contributed by atoms with Crippen molar-refractivity contribution in [2.45, 2.75) is 50.5 Å². The maximum absolute atomic E-state index is 12.4. The van der Waals surface area contributed by atoms with Gasteiger partial charge >= 0.3 is 0 Å². The Morgan fingerprint density at radius 1 is 1.26 bits per heavy atom. The lowest BCUT2D eigenvalue weighted by molar-refractivity contribution is 0.0168. The molecule has 0 aliphatic heterocycles. The number of rotatable bonds is 3. The number of fused-ring (bicyclic) bond motifs is 2. The van der Waals surface area contributed by atoms with Gasteiger partial charge in [-0.3, -0.25) is 4.79 Å². The predicted octanol–water partition coefficient (Wildman–Crippen LogP) is 2.10. The molecule has 0 aromatic carbocycles. The molecule has 1 atom stereocenters. The Kier molecular flexibility index (Phi) is 3.49. The zero-order valence-corrected chi connectivity index (χ0v) is 12.9. The van der Waals surface area contributed by atoms with Crippen LogP contribution in [0.3, 0.4) is 0 Å². The van der Waals surface area contributed by atoms with Gasteiger partial charge in [0.1, 0.15) is 17.1 Å². The Balaban J connectivity index is 1.50. The van der Waals surface area contributed by atoms with Crippen LogP contribution in [0.15, 0.2) is 21.3 Å². The van der Waals surface area contributed by atoms with Crippen molar-refractivity contribution < 1.29 is 18.8 Å². The van der Waals surface area contributed by atoms with E-state index in [0.717, 1.165) is 61.2 Å². The van der Waals surface area contributed by atoms with E-state index in [4.69, 9.17) is 8.94 Å². The fourth-order valence-corrected chi connectivity index (χ4v) is 3.68. The van der Waals surface area contributed by atoms with Gasteiger partial charge in [-0.1, -0.05) is 5.16 Å². The first kappa shape index (κ1) is 14.5. The summed E-state index contributed by atoms with van der Waals surface area (Å²) in [5.74, 6) is 1.36. The Morgan fingerprint density at radius 3 is 3.00 bits per heavy atom. The predicted molar refractivity (Wildman–Crippen MR) is 81.0 cm³/mol. The molecule has 0 saturated carbocycles. The van der Waals surface area contributed by atoms with E-state index >= 15 is 0 Å². The fourth-order valence-electron chi connectivity index (χ4n) is 3.68. The summed E-state index contributed by atoms with van der Waals surface area (Å²) in [5, 5.41) is 17.6. The highest BCUT2D eigenvalue weighted by molar-refractivity contribution is 5.93. The van der Waals surface area contributed by atoms with Gasteiger partial charge in [0.2, 0.25) is 0 Å². The summed E-state index contributed by atoms with van der Waals surface area (Å²) in [7, 11) is 0. The lowest BCUT2D eigenvalue weighted by Crippen LogP contribution is -2.42. The average Bonchev–Trinajstić information content (AvgIpc) is 3.20. The molecule has 0 radical (unpaired) electrons. The van der Waals surface area contributed by atoms with E-state index in [1.807, 2.05) is 0 Å². The number of aliphatic hydroxyl groups is 1. The van der Waals surface area contributed by atoms with Crippen molar-refractivity contribution in [3.8, 4) is 0 Å². The molecular formula is C17H20N2O4. The number of hydrogen-bond donors (Lipinski definition) is 2. The van der Waals surface area contributed by atoms with Crippen LogP contribution < -0.4 is 5.32 Å². The van der Waals surface area contributed by atoms with Crippen LogP contribution in [0.25, 0.3) is 0 Å². The number of amides is 1. The quantitative estimate of drug-likeness (QED) is 0.905. The van der Waals surface area contributed by atoms with E-state index < -0.39 is 5.60 Å². The van der Waals surface area contributed by atoms with Gasteiger partial charge in [0.25, 0.3) is 5.91 Å². The molecule has 0 spiro atoms. The van der Waals surface area contributed by atoms with Crippen LogP contribution in [0.4, 0.5) is 0 Å². The SMILES string of the molecule is O=C(NCC1(O)CCCc2occc21)c1noc2c1CCCC2. The summed E-state index contributed by atoms with van der Waals surface area (Å²) in [6.45, 7) is 0.153. The zero-order chi connectivity index (χ0) is 15.9. The molecule has 4 rings (SSSR count). The average molecular weight is 316 g/mol. The maximum Gasteiger partial charge on any atom is 0.273 e. The monoisotopic (exact) mass is 316 g/mol. The molecule has 0 bridgehead atoms. The van der Waals surface area contributed by atoms with Crippen molar-refractivity contribution in [1.82, 2.24) is 10.5 Å². The number of aryl methyl sites for hydroxylation is 2. The Bertz CT molecular complexity index is 733. The van der Waals surface area contributed by atoms with Crippen molar-refractivity contribution in [2.24, 2.45) is 0 Å². The molecule has 2 aromatic heterocycles. The van der Waals surface area contributed by atoms with Gasteiger partial charge in [-0.2, -0.15) is 0 Å². The van der Waals surface area contributed by atoms with E-state index in [1.54, 1.807) is 12.3 Å². The van der Waals surface area contributed by atoms with Gasteiger partial charge in [0.05, 0.1) is 12.8 Å². The second-order valence-corrected chi connectivity index (χ2v) is 6.47. The lowest BCUT2D eigenvalue weighted by Gasteiger charge is -2.31. The number of carbonyl (C=O) groups excluding carboxylic acids is 1. The number of aromatic nitrogens is 1. The third kappa shape index (κ3) is 2.47. The molecule has 122 valence electrons. The Labute approximate surface area is 133 Å². The van der Waals surface area contributed by atoms with E-state index in [-0.39, 0.29) is 12.5 Å². The fraction of sp³-hybridized carbons (Fsp3) is 0.529. The molecule has 2 aliphatic carbocycles. The van der Waals surface area contributed by atoms with Crippen molar-refractivity contribution >= 4 is 5.91 Å². The second-order valence-electron chi connectivity index (χ2n) is 6.47. The number of nitrogens with zero attached hydrogens (tertiary/aromatic N) is 1. The summed E-state index contributed by atoms with van der Waals surface area (Å²) in [5.41, 5.74) is 1.01. The normalized spacial score (nSPS) is 23.2. The minimum atomic E-state index is -1.07. The zero-order valence-electron chi connectivity index (χ0n) is 12.9. The number of nitrogens with one attached hydrogen (secondary N) is 1. The standard InChI is InChI=1S/C17H20N2O4/c20-16(15-11-4-1-2-5-13(11)23-19-15)18-10-17(21)8-3-6-14-12(17)7-9-22-14/h7,9,21H,1-6,8,10H2,(H,18,20). The molecule has 2 heterocycles. The molecule has 1 unspecified atom stereocenters. The summed E-state index contributed by atoms with van der Waals surface area (Å²) in [4.78, 5) is 12.4. The van der Waals surface area contributed by atoms with Crippen molar-refractivity contribution in [3.05, 3.63) is 40.7 Å². The lowest BCUT2D eigenvalue weighted by atomic mass is 9.83. The van der Waals surface area contributed by atoms with Gasteiger partial charge < -0.3 is 19.4 Å². The van der Waals surface area contributed by atoms with E-state index in [1.165, 1.54) is 0 Å². The van der Waals surface area contributed by atoms with Crippen molar-refractivity contribution in [2.75, 3.05) is 6.54 Å². The molecule has 23 heavy (non-hydrogen) atoms. The largest absolute Gasteiger partial charge is 0.469 e. The van der Waals surface area contributed by atoms with Crippen LogP contribution in [0.5, 0.6) is 0 Å². The highest BCUT2D eigenvalue weighted by Crippen LogP contribution is 2.35. The third-order valence-electron chi connectivity index (χ3n) is 4.95. The minimum absolute atomic E-state index is 0.153. The molecule has 2 aliphatic rings. The highest BCUT2D eigenvalue weighted by atomic mass is 16.5. The van der Waals surface area contributed by atoms with Gasteiger partial charge in [-0.25, -0.2) is 0 Å². The topological polar surface area (TPSA) is 88.5 Å². The summed E-state index contributed by atoms with van der Waals surface area (Å²) in [6, 6.07) is 1.79. The minimum Gasteiger partial charge on any atom is -0.469 e. The molecule has 2 N–H and O–H groups in total. The molecular weight excluding hydrogens is 296 g/mol. The number of hydrogen-bond acceptors (Lipinski definition) is 5. The molecule has 1 amide bonds. The van der Waals surface area contributed by atoms with Gasteiger partial charge in [-0.05, 0) is 38.2 Å². The Morgan fingerprint density at radius 2 is 2.09 bits per heavy atom. The molecule has 6 heteroatoms. The molecule has 0 saturated heterocycles. The molecule has 0 fully saturated rings. The summed E-state index contributed by atoms with van der Waals surface area (Å²) in [6.07, 6.45) is 7.67. The Hall–Kier alpha value is -2.08. The smallest absolute Gasteiger partial charge is 0.273 e. The van der Waals surface area contributed by atoms with Gasteiger partial charge in [0.15, 0.2) is 5.69 Å². The summed E-state index contributed by atoms with van der Waals surface area (Å²) >= 11 is 0. The van der Waals surface area contributed by atoms with Crippen LogP contribution in [0.1, 0.15) is 58.8 Å². The number of furan rings is 1. The van der Waals surface area contributed by atoms with Crippen molar-refractivity contribution in [1.29, 1.82) is 0 Å². The van der Waals surface area contributed by atoms with Crippen molar-refractivity contribution in [3.63, 3.8) is 0 Å². The van der Waals surface area contributed by atoms with E-state index in [0.29, 0.717) is 12.1 Å². The number of carbonyl (C=O) groups is 1. The van der Waals surface area contributed by atoms with Gasteiger partial charge in [-0.15, -0.1) is 0 Å². The molecule has 6 nitrogen and oxygen atoms in total. The van der Waals surface area contributed by atoms with Crippen LogP contribution in [-0.4, -0.2) is 22.7 Å². The van der Waals surface area contributed by atoms with Crippen LogP contribution in [-0.2, 0) is 24.9 Å². The van der Waals surface area contributed by atoms with E-state index in [2.05, 4.69) is 10.5 Å². The summed E-state index contributed by atoms with van der Waals surface area (Å²) < 4.78 is 10.7. The first-order valence-electron chi connectivity index (χ1n) is 8.22. The van der Waals surface area contributed by atoms with Gasteiger partial charge in [0, 0.05) is 24.0 Å². The maximum atomic E-state index is 12.4. The third-order valence-corrected chi connectivity index (χ3v) is 4.95. The second kappa shape index (κ2) is 5.53. The van der Waals surface area contributed by atoms with E-state index in [9.17, 15) is 9.90 Å². The van der Waals surface area contributed by atoms with Crippen LogP contribution >= 0.6 is 0 Å². The van der Waals surface area contributed by atoms with Crippen LogP contribution in [0, 0.1) is 0 Å². The first-order chi connectivity index (χ1) is 11.2. The van der Waals surface area contributed by atoms with Crippen LogP contribution in [0.2, 0.25) is 0 Å². The highest BCUT2D eigenvalue weighted by Gasteiger charge is 2.37. The molecule has 2 aromatic rings.